The Morgan fingerprint density at radius 1 is 1.53 bits per heavy atom. The van der Waals surface area contributed by atoms with E-state index in [-0.39, 0.29) is 5.91 Å². The largest absolute Gasteiger partial charge is 0.352 e. The number of carbonyl (C=O) groups excluding carboxylic acids is 1. The Labute approximate surface area is 103 Å². The molecular weight excluding hydrogens is 277 g/mol. The molecule has 1 aromatic rings. The highest BCUT2D eigenvalue weighted by Crippen LogP contribution is 2.21. The van der Waals surface area contributed by atoms with Crippen LogP contribution in [0.15, 0.2) is 22.7 Å². The highest BCUT2D eigenvalue weighted by Gasteiger charge is 2.10. The number of amides is 1. The Balaban J connectivity index is 2.74. The zero-order chi connectivity index (χ0) is 11.4. The summed E-state index contributed by atoms with van der Waals surface area (Å²) < 4.78 is 0.868. The summed E-state index contributed by atoms with van der Waals surface area (Å²) in [6.07, 6.45) is 0. The first-order chi connectivity index (χ1) is 7.00. The minimum absolute atomic E-state index is 0.124. The number of benzene rings is 1. The summed E-state index contributed by atoms with van der Waals surface area (Å²) in [7, 11) is 0. The third kappa shape index (κ3) is 3.84. The molecule has 0 fully saturated rings. The third-order valence-corrected chi connectivity index (χ3v) is 2.65. The summed E-state index contributed by atoms with van der Waals surface area (Å²) in [6, 6.07) is 5.23. The predicted molar refractivity (Wildman–Crippen MR) is 66.3 cm³/mol. The number of hydrogen-bond acceptors (Lipinski definition) is 1. The molecule has 0 unspecified atom stereocenters. The fraction of sp³-hybridized carbons (Fsp3) is 0.364. The van der Waals surface area contributed by atoms with E-state index in [1.54, 1.807) is 18.2 Å². The lowest BCUT2D eigenvalue weighted by Crippen LogP contribution is -2.27. The fourth-order valence-electron chi connectivity index (χ4n) is 1.07. The lowest BCUT2D eigenvalue weighted by molar-refractivity contribution is 0.0949. The molecule has 0 atom stereocenters. The van der Waals surface area contributed by atoms with Crippen LogP contribution in [0.5, 0.6) is 0 Å². The van der Waals surface area contributed by atoms with Gasteiger partial charge in [-0.1, -0.05) is 41.4 Å². The van der Waals surface area contributed by atoms with Crippen LogP contribution in [0.1, 0.15) is 24.2 Å². The number of hydrogen-bond donors (Lipinski definition) is 1. The molecule has 15 heavy (non-hydrogen) atoms. The second-order valence-corrected chi connectivity index (χ2v) is 5.05. The van der Waals surface area contributed by atoms with Crippen molar-refractivity contribution in [3.05, 3.63) is 33.3 Å². The Morgan fingerprint density at radius 2 is 2.20 bits per heavy atom. The normalized spacial score (nSPS) is 10.5. The zero-order valence-corrected chi connectivity index (χ0v) is 11.0. The number of carbonyl (C=O) groups is 1. The number of rotatable bonds is 3. The van der Waals surface area contributed by atoms with Gasteiger partial charge in [-0.25, -0.2) is 0 Å². The Morgan fingerprint density at radius 3 is 2.73 bits per heavy atom. The molecule has 2 nitrogen and oxygen atoms in total. The van der Waals surface area contributed by atoms with Crippen LogP contribution in [0.25, 0.3) is 0 Å². The highest BCUT2D eigenvalue weighted by atomic mass is 79.9. The lowest BCUT2D eigenvalue weighted by atomic mass is 10.2. The molecule has 0 heterocycles. The first kappa shape index (κ1) is 12.5. The van der Waals surface area contributed by atoms with E-state index in [9.17, 15) is 4.79 Å². The molecule has 0 aliphatic carbocycles. The molecule has 82 valence electrons. The highest BCUT2D eigenvalue weighted by molar-refractivity contribution is 9.10. The van der Waals surface area contributed by atoms with Gasteiger partial charge in [0, 0.05) is 11.0 Å². The first-order valence-electron chi connectivity index (χ1n) is 4.74. The summed E-state index contributed by atoms with van der Waals surface area (Å²) >= 11 is 9.24. The Kier molecular flexibility index (Phi) is 4.61. The molecule has 0 aliphatic rings. The lowest BCUT2D eigenvalue weighted by Gasteiger charge is -2.08. The van der Waals surface area contributed by atoms with Crippen molar-refractivity contribution in [3.8, 4) is 0 Å². The molecule has 4 heteroatoms. The van der Waals surface area contributed by atoms with Crippen LogP contribution in [0.4, 0.5) is 0 Å². The second kappa shape index (κ2) is 5.52. The minimum atomic E-state index is -0.124. The SMILES string of the molecule is CC(C)CNC(=O)c1ccc(Br)cc1Cl. The molecule has 1 amide bonds. The van der Waals surface area contributed by atoms with Gasteiger partial charge in [-0.2, -0.15) is 0 Å². The van der Waals surface area contributed by atoms with Gasteiger partial charge in [0.2, 0.25) is 0 Å². The van der Waals surface area contributed by atoms with Crippen LogP contribution >= 0.6 is 27.5 Å². The molecule has 0 bridgehead atoms. The third-order valence-electron chi connectivity index (χ3n) is 1.85. The van der Waals surface area contributed by atoms with Gasteiger partial charge in [0.05, 0.1) is 10.6 Å². The Bertz CT molecular complexity index is 366. The first-order valence-corrected chi connectivity index (χ1v) is 5.91. The van der Waals surface area contributed by atoms with Crippen LogP contribution in [0.3, 0.4) is 0 Å². The van der Waals surface area contributed by atoms with E-state index < -0.39 is 0 Å². The smallest absolute Gasteiger partial charge is 0.252 e. The van der Waals surface area contributed by atoms with E-state index in [4.69, 9.17) is 11.6 Å². The van der Waals surface area contributed by atoms with E-state index >= 15 is 0 Å². The van der Waals surface area contributed by atoms with Gasteiger partial charge in [0.25, 0.3) is 5.91 Å². The molecule has 0 spiro atoms. The molecule has 0 saturated carbocycles. The number of nitrogens with one attached hydrogen (secondary N) is 1. The summed E-state index contributed by atoms with van der Waals surface area (Å²) in [5, 5.41) is 3.28. The van der Waals surface area contributed by atoms with Gasteiger partial charge >= 0.3 is 0 Å². The van der Waals surface area contributed by atoms with Gasteiger partial charge in [-0.15, -0.1) is 0 Å². The van der Waals surface area contributed by atoms with E-state index in [0.29, 0.717) is 23.0 Å². The van der Waals surface area contributed by atoms with Crippen molar-refractivity contribution in [2.45, 2.75) is 13.8 Å². The van der Waals surface area contributed by atoms with Crippen molar-refractivity contribution in [1.29, 1.82) is 0 Å². The average Bonchev–Trinajstić information content (AvgIpc) is 2.14. The molecule has 0 aromatic heterocycles. The van der Waals surface area contributed by atoms with Gasteiger partial charge in [0.1, 0.15) is 0 Å². The van der Waals surface area contributed by atoms with E-state index in [1.165, 1.54) is 0 Å². The van der Waals surface area contributed by atoms with Crippen LogP contribution in [0, 0.1) is 5.92 Å². The van der Waals surface area contributed by atoms with Gasteiger partial charge in [-0.05, 0) is 24.1 Å². The van der Waals surface area contributed by atoms with Crippen molar-refractivity contribution in [1.82, 2.24) is 5.32 Å². The number of halogens is 2. The summed E-state index contributed by atoms with van der Waals surface area (Å²) in [6.45, 7) is 4.75. The van der Waals surface area contributed by atoms with E-state index in [1.807, 2.05) is 13.8 Å². The van der Waals surface area contributed by atoms with Crippen LogP contribution < -0.4 is 5.32 Å². The molecule has 1 rings (SSSR count). The van der Waals surface area contributed by atoms with E-state index in [0.717, 1.165) is 4.47 Å². The summed E-state index contributed by atoms with van der Waals surface area (Å²) in [5.74, 6) is 0.310. The van der Waals surface area contributed by atoms with Crippen molar-refractivity contribution in [3.63, 3.8) is 0 Å². The standard InChI is InChI=1S/C11H13BrClNO/c1-7(2)6-14-11(15)9-4-3-8(12)5-10(9)13/h3-5,7H,6H2,1-2H3,(H,14,15). The predicted octanol–water partition coefficient (Wildman–Crippen LogP) is 3.49. The van der Waals surface area contributed by atoms with Crippen molar-refractivity contribution in [2.24, 2.45) is 5.92 Å². The van der Waals surface area contributed by atoms with Crippen LogP contribution in [-0.2, 0) is 0 Å². The monoisotopic (exact) mass is 289 g/mol. The second-order valence-electron chi connectivity index (χ2n) is 3.73. The molecule has 0 radical (unpaired) electrons. The molecule has 0 saturated heterocycles. The summed E-state index contributed by atoms with van der Waals surface area (Å²) in [5.41, 5.74) is 0.514. The van der Waals surface area contributed by atoms with Crippen LogP contribution in [-0.4, -0.2) is 12.5 Å². The maximum absolute atomic E-state index is 11.7. The molecule has 0 aliphatic heterocycles. The van der Waals surface area contributed by atoms with Crippen molar-refractivity contribution >= 4 is 33.4 Å². The zero-order valence-electron chi connectivity index (χ0n) is 8.68. The summed E-state index contributed by atoms with van der Waals surface area (Å²) in [4.78, 5) is 11.7. The van der Waals surface area contributed by atoms with Gasteiger partial charge < -0.3 is 5.32 Å². The average molecular weight is 291 g/mol. The van der Waals surface area contributed by atoms with Crippen LogP contribution in [0.2, 0.25) is 5.02 Å². The maximum Gasteiger partial charge on any atom is 0.252 e. The Hall–Kier alpha value is -0.540. The van der Waals surface area contributed by atoms with Gasteiger partial charge in [-0.3, -0.25) is 4.79 Å². The molecule has 1 N–H and O–H groups in total. The topological polar surface area (TPSA) is 29.1 Å². The maximum atomic E-state index is 11.7. The van der Waals surface area contributed by atoms with Crippen molar-refractivity contribution < 1.29 is 4.79 Å². The minimum Gasteiger partial charge on any atom is -0.352 e. The molecule has 1 aromatic carbocycles. The van der Waals surface area contributed by atoms with Gasteiger partial charge in [0.15, 0.2) is 0 Å². The van der Waals surface area contributed by atoms with E-state index in [2.05, 4.69) is 21.2 Å². The molecular formula is C11H13BrClNO. The fourth-order valence-corrected chi connectivity index (χ4v) is 1.82. The quantitative estimate of drug-likeness (QED) is 0.907. The van der Waals surface area contributed by atoms with Crippen molar-refractivity contribution in [2.75, 3.05) is 6.54 Å².